The summed E-state index contributed by atoms with van der Waals surface area (Å²) in [5, 5.41) is 11.9. The normalized spacial score (nSPS) is 22.0. The Balaban J connectivity index is 2.16. The molecular formula is C9H11NO3. The Bertz CT molecular complexity index is 312. The molecule has 4 nitrogen and oxygen atoms in total. The molecule has 1 saturated heterocycles. The van der Waals surface area contributed by atoms with Gasteiger partial charge in [0.1, 0.15) is 5.76 Å². The van der Waals surface area contributed by atoms with Gasteiger partial charge in [0.2, 0.25) is 5.76 Å². The van der Waals surface area contributed by atoms with Crippen molar-refractivity contribution in [1.82, 2.24) is 5.32 Å². The maximum atomic E-state index is 10.5. The SMILES string of the molecule is O=C(O)c1ccc(C2CCCN2)o1. The molecule has 2 N–H and O–H groups in total. The number of hydrogen-bond acceptors (Lipinski definition) is 3. The van der Waals surface area contributed by atoms with Gasteiger partial charge in [0, 0.05) is 0 Å². The predicted molar refractivity (Wildman–Crippen MR) is 45.6 cm³/mol. The second kappa shape index (κ2) is 3.22. The van der Waals surface area contributed by atoms with E-state index in [0.717, 1.165) is 25.1 Å². The first kappa shape index (κ1) is 8.31. The molecule has 70 valence electrons. The third-order valence-corrected chi connectivity index (χ3v) is 2.24. The van der Waals surface area contributed by atoms with Crippen LogP contribution in [0, 0.1) is 0 Å². The molecule has 0 spiro atoms. The van der Waals surface area contributed by atoms with Crippen LogP contribution in [-0.2, 0) is 0 Å². The Morgan fingerprint density at radius 2 is 2.46 bits per heavy atom. The highest BCUT2D eigenvalue weighted by atomic mass is 16.4. The van der Waals surface area contributed by atoms with Gasteiger partial charge in [-0.2, -0.15) is 0 Å². The topological polar surface area (TPSA) is 62.5 Å². The fourth-order valence-electron chi connectivity index (χ4n) is 1.58. The Morgan fingerprint density at radius 1 is 1.62 bits per heavy atom. The molecule has 2 heterocycles. The molecule has 1 aromatic heterocycles. The van der Waals surface area contributed by atoms with Crippen LogP contribution < -0.4 is 5.32 Å². The van der Waals surface area contributed by atoms with Gasteiger partial charge >= 0.3 is 5.97 Å². The molecule has 1 fully saturated rings. The lowest BCUT2D eigenvalue weighted by molar-refractivity contribution is 0.0659. The van der Waals surface area contributed by atoms with E-state index in [1.165, 1.54) is 6.07 Å². The molecule has 1 aliphatic rings. The summed E-state index contributed by atoms with van der Waals surface area (Å²) in [6.45, 7) is 0.980. The summed E-state index contributed by atoms with van der Waals surface area (Å²) in [4.78, 5) is 10.5. The smallest absolute Gasteiger partial charge is 0.371 e. The van der Waals surface area contributed by atoms with Gasteiger partial charge in [-0.25, -0.2) is 4.79 Å². The van der Waals surface area contributed by atoms with E-state index in [0.29, 0.717) is 0 Å². The number of carbonyl (C=O) groups is 1. The first-order chi connectivity index (χ1) is 6.27. The molecule has 0 aliphatic carbocycles. The Kier molecular flexibility index (Phi) is 2.06. The van der Waals surface area contributed by atoms with E-state index in [9.17, 15) is 4.79 Å². The zero-order chi connectivity index (χ0) is 9.26. The van der Waals surface area contributed by atoms with Crippen molar-refractivity contribution in [3.8, 4) is 0 Å². The largest absolute Gasteiger partial charge is 0.475 e. The summed E-state index contributed by atoms with van der Waals surface area (Å²) >= 11 is 0. The van der Waals surface area contributed by atoms with Gasteiger partial charge in [-0.15, -0.1) is 0 Å². The molecule has 0 radical (unpaired) electrons. The van der Waals surface area contributed by atoms with E-state index in [2.05, 4.69) is 5.32 Å². The molecule has 2 rings (SSSR count). The maximum absolute atomic E-state index is 10.5. The maximum Gasteiger partial charge on any atom is 0.371 e. The second-order valence-electron chi connectivity index (χ2n) is 3.16. The van der Waals surface area contributed by atoms with Crippen molar-refractivity contribution >= 4 is 5.97 Å². The average molecular weight is 181 g/mol. The Morgan fingerprint density at radius 3 is 3.00 bits per heavy atom. The molecular weight excluding hydrogens is 170 g/mol. The van der Waals surface area contributed by atoms with Crippen LogP contribution in [0.2, 0.25) is 0 Å². The lowest BCUT2D eigenvalue weighted by Gasteiger charge is -2.04. The van der Waals surface area contributed by atoms with Crippen molar-refractivity contribution < 1.29 is 14.3 Å². The van der Waals surface area contributed by atoms with E-state index in [1.54, 1.807) is 6.07 Å². The minimum Gasteiger partial charge on any atom is -0.475 e. The number of furan rings is 1. The van der Waals surface area contributed by atoms with Crippen molar-refractivity contribution in [2.75, 3.05) is 6.54 Å². The second-order valence-corrected chi connectivity index (χ2v) is 3.16. The van der Waals surface area contributed by atoms with E-state index < -0.39 is 5.97 Å². The summed E-state index contributed by atoms with van der Waals surface area (Å²) < 4.78 is 5.17. The van der Waals surface area contributed by atoms with Gasteiger partial charge in [0.05, 0.1) is 6.04 Å². The number of hydrogen-bond donors (Lipinski definition) is 2. The van der Waals surface area contributed by atoms with Gasteiger partial charge in [0.15, 0.2) is 0 Å². The van der Waals surface area contributed by atoms with Crippen LogP contribution in [0.5, 0.6) is 0 Å². The van der Waals surface area contributed by atoms with Crippen LogP contribution >= 0.6 is 0 Å². The third kappa shape index (κ3) is 1.58. The summed E-state index contributed by atoms with van der Waals surface area (Å²) in [5.74, 6) is -0.261. The molecule has 1 aliphatic heterocycles. The van der Waals surface area contributed by atoms with Crippen molar-refractivity contribution in [3.63, 3.8) is 0 Å². The zero-order valence-electron chi connectivity index (χ0n) is 7.12. The molecule has 1 aromatic rings. The molecule has 4 heteroatoms. The quantitative estimate of drug-likeness (QED) is 0.724. The van der Waals surface area contributed by atoms with Gasteiger partial charge in [-0.05, 0) is 31.5 Å². The summed E-state index contributed by atoms with van der Waals surface area (Å²) in [6, 6.07) is 3.43. The van der Waals surface area contributed by atoms with Crippen molar-refractivity contribution in [1.29, 1.82) is 0 Å². The van der Waals surface area contributed by atoms with E-state index in [4.69, 9.17) is 9.52 Å². The van der Waals surface area contributed by atoms with Crippen molar-refractivity contribution in [2.24, 2.45) is 0 Å². The highest BCUT2D eigenvalue weighted by Crippen LogP contribution is 2.24. The number of carboxylic acid groups (broad SMARTS) is 1. The Labute approximate surface area is 75.6 Å². The van der Waals surface area contributed by atoms with Crippen LogP contribution in [0.3, 0.4) is 0 Å². The number of aromatic carboxylic acids is 1. The van der Waals surface area contributed by atoms with Crippen LogP contribution in [0.1, 0.15) is 35.2 Å². The minimum atomic E-state index is -1.01. The monoisotopic (exact) mass is 181 g/mol. The van der Waals surface area contributed by atoms with Crippen molar-refractivity contribution in [2.45, 2.75) is 18.9 Å². The predicted octanol–water partition coefficient (Wildman–Crippen LogP) is 1.40. The fraction of sp³-hybridized carbons (Fsp3) is 0.444. The number of nitrogens with one attached hydrogen (secondary N) is 1. The molecule has 1 atom stereocenters. The van der Waals surface area contributed by atoms with Crippen molar-refractivity contribution in [3.05, 3.63) is 23.7 Å². The number of carboxylic acids is 1. The van der Waals surface area contributed by atoms with Crippen LogP contribution in [0.15, 0.2) is 16.5 Å². The number of rotatable bonds is 2. The molecule has 13 heavy (non-hydrogen) atoms. The molecule has 0 saturated carbocycles. The zero-order valence-corrected chi connectivity index (χ0v) is 7.12. The highest BCUT2D eigenvalue weighted by molar-refractivity contribution is 5.84. The van der Waals surface area contributed by atoms with Gasteiger partial charge < -0.3 is 14.8 Å². The third-order valence-electron chi connectivity index (χ3n) is 2.24. The molecule has 1 unspecified atom stereocenters. The Hall–Kier alpha value is -1.29. The standard InChI is InChI=1S/C9H11NO3/c11-9(12)8-4-3-7(13-8)6-2-1-5-10-6/h3-4,6,10H,1-2,5H2,(H,11,12). The van der Waals surface area contributed by atoms with E-state index in [1.807, 2.05) is 0 Å². The lowest BCUT2D eigenvalue weighted by Crippen LogP contribution is -2.11. The summed E-state index contributed by atoms with van der Waals surface area (Å²) in [6.07, 6.45) is 2.14. The van der Waals surface area contributed by atoms with Crippen LogP contribution in [0.4, 0.5) is 0 Å². The van der Waals surface area contributed by atoms with Crippen LogP contribution in [-0.4, -0.2) is 17.6 Å². The first-order valence-electron chi connectivity index (χ1n) is 4.34. The lowest BCUT2D eigenvalue weighted by atomic mass is 10.2. The summed E-state index contributed by atoms with van der Waals surface area (Å²) in [7, 11) is 0. The summed E-state index contributed by atoms with van der Waals surface area (Å²) in [5.41, 5.74) is 0. The molecule has 0 aromatic carbocycles. The van der Waals surface area contributed by atoms with Crippen LogP contribution in [0.25, 0.3) is 0 Å². The minimum absolute atomic E-state index is 0.0173. The highest BCUT2D eigenvalue weighted by Gasteiger charge is 2.20. The molecule has 0 bridgehead atoms. The van der Waals surface area contributed by atoms with Gasteiger partial charge in [-0.1, -0.05) is 0 Å². The average Bonchev–Trinajstić information content (AvgIpc) is 2.75. The first-order valence-corrected chi connectivity index (χ1v) is 4.34. The van der Waals surface area contributed by atoms with E-state index >= 15 is 0 Å². The fourth-order valence-corrected chi connectivity index (χ4v) is 1.58. The molecule has 0 amide bonds. The van der Waals surface area contributed by atoms with E-state index in [-0.39, 0.29) is 11.8 Å². The van der Waals surface area contributed by atoms with Gasteiger partial charge in [-0.3, -0.25) is 0 Å². The van der Waals surface area contributed by atoms with Gasteiger partial charge in [0.25, 0.3) is 0 Å².